The van der Waals surface area contributed by atoms with Crippen molar-refractivity contribution in [3.8, 4) is 11.4 Å². The van der Waals surface area contributed by atoms with Gasteiger partial charge in [0.25, 0.3) is 5.91 Å². The van der Waals surface area contributed by atoms with E-state index in [0.29, 0.717) is 5.69 Å². The van der Waals surface area contributed by atoms with Crippen molar-refractivity contribution in [2.75, 3.05) is 32.1 Å². The maximum atomic E-state index is 12.9. The second-order valence-corrected chi connectivity index (χ2v) is 8.63. The molecule has 0 spiro atoms. The second-order valence-electron chi connectivity index (χ2n) is 8.63. The van der Waals surface area contributed by atoms with E-state index in [1.165, 1.54) is 42.4 Å². The number of amides is 1. The van der Waals surface area contributed by atoms with Gasteiger partial charge >= 0.3 is 0 Å². The molecule has 1 fully saturated rings. The van der Waals surface area contributed by atoms with Crippen molar-refractivity contribution in [3.63, 3.8) is 0 Å². The van der Waals surface area contributed by atoms with Crippen LogP contribution in [0, 0.1) is 0 Å². The summed E-state index contributed by atoms with van der Waals surface area (Å²) in [6.45, 7) is 7.97. The average Bonchev–Trinajstić information content (AvgIpc) is 3.46. The molecule has 0 saturated carbocycles. The van der Waals surface area contributed by atoms with Gasteiger partial charge in [0.2, 0.25) is 0 Å². The van der Waals surface area contributed by atoms with Crippen LogP contribution in [0.15, 0.2) is 54.7 Å². The summed E-state index contributed by atoms with van der Waals surface area (Å²) in [6.07, 6.45) is 4.05. The van der Waals surface area contributed by atoms with Crippen LogP contribution in [-0.4, -0.2) is 52.5 Å². The fourth-order valence-corrected chi connectivity index (χ4v) is 4.09. The van der Waals surface area contributed by atoms with Crippen molar-refractivity contribution in [1.29, 1.82) is 0 Å². The number of anilines is 1. The number of likely N-dealkylation sites (tertiary alicyclic amines) is 1. The minimum Gasteiger partial charge on any atom is -0.497 e. The van der Waals surface area contributed by atoms with Crippen molar-refractivity contribution in [3.05, 3.63) is 66.0 Å². The Morgan fingerprint density at radius 3 is 2.39 bits per heavy atom. The third kappa shape index (κ3) is 4.77. The summed E-state index contributed by atoms with van der Waals surface area (Å²) in [5, 5.41) is 10.9. The molecule has 1 amide bonds. The van der Waals surface area contributed by atoms with E-state index < -0.39 is 0 Å². The first kappa shape index (κ1) is 21.1. The number of hydrogen-bond donors (Lipinski definition) is 1. The molecule has 0 bridgehead atoms. The van der Waals surface area contributed by atoms with Gasteiger partial charge in [0.05, 0.1) is 19.0 Å². The van der Waals surface area contributed by atoms with E-state index >= 15 is 0 Å². The van der Waals surface area contributed by atoms with Crippen molar-refractivity contribution < 1.29 is 9.53 Å². The van der Waals surface area contributed by atoms with Gasteiger partial charge in [0.15, 0.2) is 5.69 Å². The van der Waals surface area contributed by atoms with E-state index in [9.17, 15) is 4.79 Å². The van der Waals surface area contributed by atoms with Crippen molar-refractivity contribution in [2.24, 2.45) is 0 Å². The van der Waals surface area contributed by atoms with Crippen LogP contribution in [0.4, 0.5) is 5.69 Å². The first-order valence-electron chi connectivity index (χ1n) is 10.7. The Kier molecular flexibility index (Phi) is 6.04. The van der Waals surface area contributed by atoms with Crippen LogP contribution in [0.25, 0.3) is 5.69 Å². The molecule has 7 heteroatoms. The molecular weight excluding hydrogens is 390 g/mol. The van der Waals surface area contributed by atoms with Gasteiger partial charge in [-0.25, -0.2) is 4.68 Å². The van der Waals surface area contributed by atoms with Crippen LogP contribution in [0.5, 0.6) is 5.75 Å². The molecule has 1 saturated heterocycles. The van der Waals surface area contributed by atoms with Crippen LogP contribution < -0.4 is 10.1 Å². The van der Waals surface area contributed by atoms with Gasteiger partial charge in [0, 0.05) is 17.6 Å². The Balaban J connectivity index is 1.45. The highest BCUT2D eigenvalue weighted by atomic mass is 16.5. The molecule has 31 heavy (non-hydrogen) atoms. The number of benzene rings is 2. The quantitative estimate of drug-likeness (QED) is 0.629. The molecule has 2 aromatic carbocycles. The monoisotopic (exact) mass is 419 g/mol. The molecule has 162 valence electrons. The molecule has 7 nitrogen and oxygen atoms in total. The summed E-state index contributed by atoms with van der Waals surface area (Å²) >= 11 is 0. The lowest BCUT2D eigenvalue weighted by atomic mass is 9.84. The Hall–Kier alpha value is -3.19. The Bertz CT molecular complexity index is 1020. The fourth-order valence-electron chi connectivity index (χ4n) is 4.09. The molecule has 0 radical (unpaired) electrons. The number of carbonyl (C=O) groups is 1. The normalized spacial score (nSPS) is 14.5. The van der Waals surface area contributed by atoms with E-state index in [-0.39, 0.29) is 11.3 Å². The van der Waals surface area contributed by atoms with Crippen molar-refractivity contribution in [1.82, 2.24) is 19.9 Å². The average molecular weight is 420 g/mol. The van der Waals surface area contributed by atoms with E-state index in [4.69, 9.17) is 4.74 Å². The van der Waals surface area contributed by atoms with E-state index in [2.05, 4.69) is 46.5 Å². The molecule has 0 atom stereocenters. The highest BCUT2D eigenvalue weighted by Crippen LogP contribution is 2.27. The van der Waals surface area contributed by atoms with Crippen LogP contribution in [-0.2, 0) is 5.41 Å². The van der Waals surface area contributed by atoms with Crippen molar-refractivity contribution in [2.45, 2.75) is 32.1 Å². The summed E-state index contributed by atoms with van der Waals surface area (Å²) < 4.78 is 6.70. The van der Waals surface area contributed by atoms with Gasteiger partial charge < -0.3 is 15.0 Å². The molecule has 4 rings (SSSR count). The minimum absolute atomic E-state index is 0.0593. The standard InChI is InChI=1S/C24H29N5O2/c1-24(2,17-28-14-4-5-15-28)18-6-8-19(9-7-18)26-23(30)22-16-25-27-29(22)20-10-12-21(31-3)13-11-20/h6-13,16H,4-5,14-15,17H2,1-3H3,(H,26,30). The summed E-state index contributed by atoms with van der Waals surface area (Å²) in [5.74, 6) is 0.479. The number of hydrogen-bond acceptors (Lipinski definition) is 5. The maximum Gasteiger partial charge on any atom is 0.276 e. The molecule has 1 N–H and O–H groups in total. The Morgan fingerprint density at radius 2 is 1.74 bits per heavy atom. The molecule has 2 heterocycles. The van der Waals surface area contributed by atoms with Crippen LogP contribution in [0.2, 0.25) is 0 Å². The van der Waals surface area contributed by atoms with Gasteiger partial charge in [-0.3, -0.25) is 4.79 Å². The lowest BCUT2D eigenvalue weighted by Crippen LogP contribution is -2.35. The lowest BCUT2D eigenvalue weighted by molar-refractivity contribution is 0.101. The Labute approximate surface area is 183 Å². The number of rotatable bonds is 7. The summed E-state index contributed by atoms with van der Waals surface area (Å²) in [6, 6.07) is 15.4. The van der Waals surface area contributed by atoms with Gasteiger partial charge in [-0.15, -0.1) is 5.10 Å². The van der Waals surface area contributed by atoms with Gasteiger partial charge in [0.1, 0.15) is 5.75 Å². The van der Waals surface area contributed by atoms with Gasteiger partial charge in [-0.1, -0.05) is 31.2 Å². The SMILES string of the molecule is COc1ccc(-n2nncc2C(=O)Nc2ccc(C(C)(C)CN3CCCC3)cc2)cc1. The molecule has 0 aliphatic carbocycles. The third-order valence-electron chi connectivity index (χ3n) is 5.84. The number of aromatic nitrogens is 3. The highest BCUT2D eigenvalue weighted by molar-refractivity contribution is 6.03. The fraction of sp³-hybridized carbons (Fsp3) is 0.375. The van der Waals surface area contributed by atoms with Gasteiger partial charge in [-0.05, 0) is 67.9 Å². The van der Waals surface area contributed by atoms with Crippen molar-refractivity contribution >= 4 is 11.6 Å². The summed E-state index contributed by atoms with van der Waals surface area (Å²) in [7, 11) is 1.61. The molecule has 3 aromatic rings. The highest BCUT2D eigenvalue weighted by Gasteiger charge is 2.25. The number of nitrogens with zero attached hydrogens (tertiary/aromatic N) is 4. The zero-order valence-corrected chi connectivity index (χ0v) is 18.3. The molecule has 1 aliphatic rings. The molecule has 1 aliphatic heterocycles. The zero-order chi connectivity index (χ0) is 21.8. The van der Waals surface area contributed by atoms with Crippen LogP contribution in [0.1, 0.15) is 42.7 Å². The molecular formula is C24H29N5O2. The van der Waals surface area contributed by atoms with E-state index in [1.807, 2.05) is 36.4 Å². The predicted molar refractivity (Wildman–Crippen MR) is 121 cm³/mol. The zero-order valence-electron chi connectivity index (χ0n) is 18.3. The predicted octanol–water partition coefficient (Wildman–Crippen LogP) is 3.90. The summed E-state index contributed by atoms with van der Waals surface area (Å²) in [4.78, 5) is 15.4. The van der Waals surface area contributed by atoms with E-state index in [0.717, 1.165) is 23.7 Å². The number of methoxy groups -OCH3 is 1. The topological polar surface area (TPSA) is 72.3 Å². The lowest BCUT2D eigenvalue weighted by Gasteiger charge is -2.30. The van der Waals surface area contributed by atoms with Crippen LogP contribution in [0.3, 0.4) is 0 Å². The van der Waals surface area contributed by atoms with Crippen LogP contribution >= 0.6 is 0 Å². The minimum atomic E-state index is -0.259. The molecule has 0 unspecified atom stereocenters. The first-order valence-corrected chi connectivity index (χ1v) is 10.7. The summed E-state index contributed by atoms with van der Waals surface area (Å²) in [5.41, 5.74) is 3.17. The second kappa shape index (κ2) is 8.89. The van der Waals surface area contributed by atoms with Gasteiger partial charge in [-0.2, -0.15) is 0 Å². The number of carbonyl (C=O) groups excluding carboxylic acids is 1. The first-order chi connectivity index (χ1) is 15.0. The Morgan fingerprint density at radius 1 is 1.06 bits per heavy atom. The smallest absolute Gasteiger partial charge is 0.276 e. The third-order valence-corrected chi connectivity index (χ3v) is 5.84. The largest absolute Gasteiger partial charge is 0.497 e. The van der Waals surface area contributed by atoms with E-state index in [1.54, 1.807) is 7.11 Å². The number of nitrogens with one attached hydrogen (secondary N) is 1. The maximum absolute atomic E-state index is 12.9. The molecule has 1 aromatic heterocycles. The number of ether oxygens (including phenoxy) is 1.